The molecule has 0 fully saturated rings. The number of nitrogens with zero attached hydrogens (tertiary/aromatic N) is 2. The van der Waals surface area contributed by atoms with E-state index in [1.54, 1.807) is 18.2 Å². The van der Waals surface area contributed by atoms with Gasteiger partial charge in [0.2, 0.25) is 0 Å². The predicted molar refractivity (Wildman–Crippen MR) is 135 cm³/mol. The lowest BCUT2D eigenvalue weighted by Crippen LogP contribution is -2.40. The Hall–Kier alpha value is -3.52. The van der Waals surface area contributed by atoms with Crippen LogP contribution in [0, 0.1) is 11.3 Å². The number of allylic oxidation sites excluding steroid dienone is 3. The number of ketones is 1. The molecule has 1 heterocycles. The van der Waals surface area contributed by atoms with Crippen LogP contribution in [0.1, 0.15) is 35.8 Å². The van der Waals surface area contributed by atoms with Gasteiger partial charge < -0.3 is 5.73 Å². The van der Waals surface area contributed by atoms with E-state index in [2.05, 4.69) is 6.07 Å². The van der Waals surface area contributed by atoms with Crippen LogP contribution in [-0.2, 0) is 4.79 Å². The van der Waals surface area contributed by atoms with Crippen LogP contribution in [0.15, 0.2) is 102 Å². The van der Waals surface area contributed by atoms with Gasteiger partial charge in [0.1, 0.15) is 5.82 Å². The number of hydrogen-bond acceptors (Lipinski definition) is 4. The highest BCUT2D eigenvalue weighted by Crippen LogP contribution is 2.50. The van der Waals surface area contributed by atoms with Crippen molar-refractivity contribution in [3.05, 3.63) is 123 Å². The van der Waals surface area contributed by atoms with Crippen LogP contribution in [0.4, 0.5) is 5.69 Å². The maximum absolute atomic E-state index is 13.8. The highest BCUT2D eigenvalue weighted by molar-refractivity contribution is 6.31. The lowest BCUT2D eigenvalue weighted by Gasteiger charge is -2.41. The second kappa shape index (κ2) is 9.02. The molecule has 2 aliphatic rings. The Morgan fingerprint density at radius 2 is 1.68 bits per heavy atom. The zero-order chi connectivity index (χ0) is 23.8. The molecule has 3 aromatic carbocycles. The van der Waals surface area contributed by atoms with E-state index in [9.17, 15) is 10.1 Å². The molecule has 4 nitrogen and oxygen atoms in total. The molecule has 0 radical (unpaired) electrons. The van der Waals surface area contributed by atoms with Gasteiger partial charge in [-0.3, -0.25) is 9.69 Å². The average Bonchev–Trinajstić information content (AvgIpc) is 2.84. The molecule has 0 amide bonds. The summed E-state index contributed by atoms with van der Waals surface area (Å²) >= 11 is 12.9. The number of Topliss-reactive ketones (excluding diaryl/α,β-unsaturated/α-hetero) is 1. The maximum Gasteiger partial charge on any atom is 0.162 e. The first-order valence-electron chi connectivity index (χ1n) is 11.0. The van der Waals surface area contributed by atoms with Gasteiger partial charge in [-0.1, -0.05) is 77.8 Å². The Morgan fingerprint density at radius 3 is 2.38 bits per heavy atom. The first kappa shape index (κ1) is 22.3. The normalized spacial score (nSPS) is 20.3. The molecule has 1 aliphatic heterocycles. The summed E-state index contributed by atoms with van der Waals surface area (Å²) in [5.41, 5.74) is 10.9. The topological polar surface area (TPSA) is 70.1 Å². The third-order valence-electron chi connectivity index (χ3n) is 6.52. The van der Waals surface area contributed by atoms with E-state index >= 15 is 0 Å². The SMILES string of the molecule is N#CC1=C(N)N(c2cccc(Cl)c2)C2=C(C(=O)C[C@H](c3ccccc3)C2)[C@H]1c1ccccc1Cl. The van der Waals surface area contributed by atoms with Crippen molar-refractivity contribution < 1.29 is 4.79 Å². The predicted octanol–water partition coefficient (Wildman–Crippen LogP) is 6.69. The number of carbonyl (C=O) groups excluding carboxylic acids is 1. The highest BCUT2D eigenvalue weighted by Gasteiger charge is 2.43. The smallest absolute Gasteiger partial charge is 0.162 e. The fourth-order valence-corrected chi connectivity index (χ4v) is 5.45. The largest absolute Gasteiger partial charge is 0.384 e. The molecule has 2 atom stereocenters. The number of carbonyl (C=O) groups is 1. The maximum atomic E-state index is 13.8. The summed E-state index contributed by atoms with van der Waals surface area (Å²) in [6.07, 6.45) is 0.948. The number of benzene rings is 3. The van der Waals surface area contributed by atoms with E-state index in [-0.39, 0.29) is 17.5 Å². The van der Waals surface area contributed by atoms with Gasteiger partial charge in [-0.25, -0.2) is 0 Å². The molecule has 5 rings (SSSR count). The Kier molecular flexibility index (Phi) is 5.91. The Balaban J connectivity index is 1.75. The van der Waals surface area contributed by atoms with Crippen LogP contribution in [-0.4, -0.2) is 5.78 Å². The summed E-state index contributed by atoms with van der Waals surface area (Å²) in [6.45, 7) is 0. The molecule has 2 N–H and O–H groups in total. The summed E-state index contributed by atoms with van der Waals surface area (Å²) in [5.74, 6) is -0.340. The van der Waals surface area contributed by atoms with Gasteiger partial charge >= 0.3 is 0 Å². The fourth-order valence-electron chi connectivity index (χ4n) is 5.02. The molecule has 6 heteroatoms. The van der Waals surface area contributed by atoms with E-state index in [4.69, 9.17) is 28.9 Å². The number of rotatable bonds is 3. The fraction of sp³-hybridized carbons (Fsp3) is 0.143. The molecular formula is C28H21Cl2N3O. The summed E-state index contributed by atoms with van der Waals surface area (Å²) in [6, 6.07) is 26.9. The minimum Gasteiger partial charge on any atom is -0.384 e. The molecule has 0 aromatic heterocycles. The molecular weight excluding hydrogens is 465 g/mol. The van der Waals surface area contributed by atoms with Crippen LogP contribution >= 0.6 is 23.2 Å². The van der Waals surface area contributed by atoms with Gasteiger partial charge in [0.05, 0.1) is 17.6 Å². The number of halogens is 2. The van der Waals surface area contributed by atoms with Crippen LogP contribution in [0.3, 0.4) is 0 Å². The van der Waals surface area contributed by atoms with Gasteiger partial charge in [-0.05, 0) is 47.7 Å². The molecule has 1 aliphatic carbocycles. The lowest BCUT2D eigenvalue weighted by atomic mass is 9.72. The third kappa shape index (κ3) is 3.77. The molecule has 0 saturated carbocycles. The third-order valence-corrected chi connectivity index (χ3v) is 7.10. The second-order valence-electron chi connectivity index (χ2n) is 8.48. The van der Waals surface area contributed by atoms with Crippen LogP contribution < -0.4 is 10.6 Å². The average molecular weight is 486 g/mol. The second-order valence-corrected chi connectivity index (χ2v) is 9.32. The van der Waals surface area contributed by atoms with Crippen molar-refractivity contribution in [3.8, 4) is 6.07 Å². The van der Waals surface area contributed by atoms with Gasteiger partial charge in [-0.15, -0.1) is 0 Å². The molecule has 0 unspecified atom stereocenters. The van der Waals surface area contributed by atoms with Crippen molar-refractivity contribution >= 4 is 34.7 Å². The van der Waals surface area contributed by atoms with Gasteiger partial charge in [0.15, 0.2) is 5.78 Å². The Morgan fingerprint density at radius 1 is 0.941 bits per heavy atom. The first-order valence-corrected chi connectivity index (χ1v) is 11.8. The van der Waals surface area contributed by atoms with Crippen molar-refractivity contribution in [1.29, 1.82) is 5.26 Å². The van der Waals surface area contributed by atoms with E-state index in [1.807, 2.05) is 65.6 Å². The van der Waals surface area contributed by atoms with E-state index < -0.39 is 5.92 Å². The number of hydrogen-bond donors (Lipinski definition) is 1. The van der Waals surface area contributed by atoms with E-state index in [1.165, 1.54) is 0 Å². The van der Waals surface area contributed by atoms with E-state index in [0.717, 1.165) is 11.3 Å². The Bertz CT molecular complexity index is 1390. The number of nitriles is 1. The van der Waals surface area contributed by atoms with Crippen molar-refractivity contribution in [2.75, 3.05) is 4.90 Å². The monoisotopic (exact) mass is 485 g/mol. The first-order chi connectivity index (χ1) is 16.5. The van der Waals surface area contributed by atoms with Gasteiger partial charge in [-0.2, -0.15) is 5.26 Å². The van der Waals surface area contributed by atoms with Crippen molar-refractivity contribution in [1.82, 2.24) is 0 Å². The van der Waals surface area contributed by atoms with Crippen LogP contribution in [0.5, 0.6) is 0 Å². The molecule has 168 valence electrons. The molecule has 3 aromatic rings. The summed E-state index contributed by atoms with van der Waals surface area (Å²) in [7, 11) is 0. The van der Waals surface area contributed by atoms with Crippen molar-refractivity contribution in [3.63, 3.8) is 0 Å². The summed E-state index contributed by atoms with van der Waals surface area (Å²) in [5, 5.41) is 11.2. The van der Waals surface area contributed by atoms with E-state index in [0.29, 0.717) is 45.3 Å². The molecule has 0 saturated heterocycles. The zero-order valence-electron chi connectivity index (χ0n) is 18.2. The van der Waals surface area contributed by atoms with Gasteiger partial charge in [0.25, 0.3) is 0 Å². The minimum absolute atomic E-state index is 0.00235. The zero-order valence-corrected chi connectivity index (χ0v) is 19.7. The molecule has 0 bridgehead atoms. The van der Waals surface area contributed by atoms with Crippen LogP contribution in [0.25, 0.3) is 0 Å². The number of nitrogens with two attached hydrogens (primary N) is 1. The standard InChI is InChI=1S/C28H21Cl2N3O/c29-19-9-6-10-20(15-19)33-24-13-18(17-7-2-1-3-8-17)14-25(34)27(24)26(22(16-31)28(33)32)21-11-4-5-12-23(21)30/h1-12,15,18,26H,13-14,32H2/t18-,26+/m1/s1. The van der Waals surface area contributed by atoms with Crippen molar-refractivity contribution in [2.45, 2.75) is 24.7 Å². The van der Waals surface area contributed by atoms with Crippen LogP contribution in [0.2, 0.25) is 10.0 Å². The molecule has 0 spiro atoms. The molecule has 34 heavy (non-hydrogen) atoms. The Labute approximate surface area is 208 Å². The number of anilines is 1. The minimum atomic E-state index is -0.617. The summed E-state index contributed by atoms with van der Waals surface area (Å²) < 4.78 is 0. The van der Waals surface area contributed by atoms with Gasteiger partial charge in [0, 0.05) is 33.4 Å². The quantitative estimate of drug-likeness (QED) is 0.448. The van der Waals surface area contributed by atoms with Crippen molar-refractivity contribution in [2.24, 2.45) is 5.73 Å². The highest BCUT2D eigenvalue weighted by atomic mass is 35.5. The lowest BCUT2D eigenvalue weighted by molar-refractivity contribution is -0.116. The summed E-state index contributed by atoms with van der Waals surface area (Å²) in [4.78, 5) is 15.6.